The van der Waals surface area contributed by atoms with Crippen LogP contribution in [0.4, 0.5) is 0 Å². The molecule has 0 aliphatic carbocycles. The normalized spacial score (nSPS) is 11.2. The van der Waals surface area contributed by atoms with E-state index in [1.54, 1.807) is 11.6 Å². The number of hydrogen-bond donors (Lipinski definition) is 0. The van der Waals surface area contributed by atoms with Gasteiger partial charge in [0.2, 0.25) is 0 Å². The van der Waals surface area contributed by atoms with Crippen molar-refractivity contribution < 1.29 is 0 Å². The molecule has 3 heteroatoms. The monoisotopic (exact) mass is 266 g/mol. The lowest BCUT2D eigenvalue weighted by Crippen LogP contribution is -2.18. The Morgan fingerprint density at radius 2 is 1.70 bits per heavy atom. The first-order chi connectivity index (χ1) is 9.49. The van der Waals surface area contributed by atoms with Crippen molar-refractivity contribution in [3.8, 4) is 11.1 Å². The van der Waals surface area contributed by atoms with E-state index in [1.807, 2.05) is 30.1 Å². The van der Waals surface area contributed by atoms with Gasteiger partial charge in [0, 0.05) is 37.4 Å². The third-order valence-electron chi connectivity index (χ3n) is 4.03. The molecule has 2 heterocycles. The fourth-order valence-electron chi connectivity index (χ4n) is 2.64. The van der Waals surface area contributed by atoms with Crippen LogP contribution in [0, 0.1) is 13.8 Å². The number of aryl methyl sites for hydroxylation is 4. The van der Waals surface area contributed by atoms with Crippen LogP contribution in [0.2, 0.25) is 0 Å². The Kier molecular flexibility index (Phi) is 2.78. The maximum absolute atomic E-state index is 12.3. The van der Waals surface area contributed by atoms with Crippen molar-refractivity contribution in [3.63, 3.8) is 0 Å². The predicted octanol–water partition coefficient (Wildman–Crippen LogP) is 3.16. The lowest BCUT2D eigenvalue weighted by molar-refractivity contribution is 0.854. The zero-order valence-corrected chi connectivity index (χ0v) is 12.3. The summed E-state index contributed by atoms with van der Waals surface area (Å²) >= 11 is 0. The van der Waals surface area contributed by atoms with Crippen LogP contribution in [0.15, 0.2) is 41.5 Å². The van der Waals surface area contributed by atoms with Gasteiger partial charge in [-0.15, -0.1) is 0 Å². The average Bonchev–Trinajstić information content (AvgIpc) is 2.80. The fraction of sp³-hybridized carbons (Fsp3) is 0.235. The molecule has 2 aromatic heterocycles. The van der Waals surface area contributed by atoms with Crippen LogP contribution in [-0.4, -0.2) is 9.13 Å². The summed E-state index contributed by atoms with van der Waals surface area (Å²) in [4.78, 5) is 12.3. The van der Waals surface area contributed by atoms with Crippen molar-refractivity contribution in [2.24, 2.45) is 14.1 Å². The molecule has 0 aliphatic heterocycles. The van der Waals surface area contributed by atoms with Gasteiger partial charge in [-0.2, -0.15) is 0 Å². The van der Waals surface area contributed by atoms with Gasteiger partial charge in [-0.05, 0) is 36.6 Å². The van der Waals surface area contributed by atoms with Crippen molar-refractivity contribution >= 4 is 10.9 Å². The molecule has 3 aromatic rings. The average molecular weight is 266 g/mol. The minimum atomic E-state index is 0.0417. The van der Waals surface area contributed by atoms with Gasteiger partial charge in [-0.3, -0.25) is 4.79 Å². The van der Waals surface area contributed by atoms with Gasteiger partial charge in [-0.25, -0.2) is 0 Å². The first-order valence-corrected chi connectivity index (χ1v) is 6.71. The lowest BCUT2D eigenvalue weighted by atomic mass is 9.99. The molecule has 0 radical (unpaired) electrons. The van der Waals surface area contributed by atoms with E-state index in [0.29, 0.717) is 0 Å². The molecule has 0 aliphatic rings. The summed E-state index contributed by atoms with van der Waals surface area (Å²) in [5.41, 5.74) is 5.59. The highest BCUT2D eigenvalue weighted by atomic mass is 16.1. The molecule has 0 atom stereocenters. The maximum Gasteiger partial charge on any atom is 0.274 e. The van der Waals surface area contributed by atoms with Gasteiger partial charge in [0.15, 0.2) is 0 Å². The largest absolute Gasteiger partial charge is 0.346 e. The van der Waals surface area contributed by atoms with Crippen LogP contribution >= 0.6 is 0 Å². The number of fused-ring (bicyclic) bond motifs is 1. The van der Waals surface area contributed by atoms with Crippen LogP contribution in [0.25, 0.3) is 22.0 Å². The molecule has 1 aromatic carbocycles. The van der Waals surface area contributed by atoms with E-state index in [9.17, 15) is 4.79 Å². The molecule has 0 saturated carbocycles. The number of benzene rings is 1. The van der Waals surface area contributed by atoms with E-state index < -0.39 is 0 Å². The Morgan fingerprint density at radius 1 is 0.950 bits per heavy atom. The van der Waals surface area contributed by atoms with Crippen molar-refractivity contribution in [2.45, 2.75) is 13.8 Å². The Balaban J connectivity index is 2.39. The second-order valence-corrected chi connectivity index (χ2v) is 5.45. The number of rotatable bonds is 1. The van der Waals surface area contributed by atoms with Crippen molar-refractivity contribution in [2.75, 3.05) is 0 Å². The minimum absolute atomic E-state index is 0.0417. The standard InChI is InChI=1S/C17H18N2O/c1-11-5-6-13(9-12(11)2)15-10-19(4)17(20)16-14(15)7-8-18(16)3/h5-10H,1-4H3. The van der Waals surface area contributed by atoms with Crippen molar-refractivity contribution in [3.05, 3.63) is 58.1 Å². The summed E-state index contributed by atoms with van der Waals surface area (Å²) in [5.74, 6) is 0. The molecule has 0 amide bonds. The molecule has 3 nitrogen and oxygen atoms in total. The molecule has 0 spiro atoms. The first kappa shape index (κ1) is 12.7. The van der Waals surface area contributed by atoms with Gasteiger partial charge in [0.05, 0.1) is 0 Å². The Morgan fingerprint density at radius 3 is 2.40 bits per heavy atom. The lowest BCUT2D eigenvalue weighted by Gasteiger charge is -2.10. The highest BCUT2D eigenvalue weighted by Gasteiger charge is 2.12. The maximum atomic E-state index is 12.3. The van der Waals surface area contributed by atoms with Crippen LogP contribution in [0.5, 0.6) is 0 Å². The third-order valence-corrected chi connectivity index (χ3v) is 4.03. The smallest absolute Gasteiger partial charge is 0.274 e. The van der Waals surface area contributed by atoms with E-state index >= 15 is 0 Å². The summed E-state index contributed by atoms with van der Waals surface area (Å²) < 4.78 is 3.55. The highest BCUT2D eigenvalue weighted by Crippen LogP contribution is 2.28. The SMILES string of the molecule is Cc1ccc(-c2cn(C)c(=O)c3c2ccn3C)cc1C. The fourth-order valence-corrected chi connectivity index (χ4v) is 2.64. The number of aromatic nitrogens is 2. The second-order valence-electron chi connectivity index (χ2n) is 5.45. The molecule has 0 fully saturated rings. The number of pyridine rings is 1. The highest BCUT2D eigenvalue weighted by molar-refractivity contribution is 5.94. The quantitative estimate of drug-likeness (QED) is 0.664. The summed E-state index contributed by atoms with van der Waals surface area (Å²) in [6.45, 7) is 4.22. The first-order valence-electron chi connectivity index (χ1n) is 6.71. The van der Waals surface area contributed by atoms with E-state index in [1.165, 1.54) is 11.1 Å². The Hall–Kier alpha value is -2.29. The predicted molar refractivity (Wildman–Crippen MR) is 83.1 cm³/mol. The zero-order chi connectivity index (χ0) is 14.4. The minimum Gasteiger partial charge on any atom is -0.346 e. The molecular weight excluding hydrogens is 248 g/mol. The summed E-state index contributed by atoms with van der Waals surface area (Å²) in [6.07, 6.45) is 3.87. The molecule has 0 saturated heterocycles. The van der Waals surface area contributed by atoms with Crippen molar-refractivity contribution in [1.29, 1.82) is 0 Å². The third kappa shape index (κ3) is 1.78. The van der Waals surface area contributed by atoms with E-state index in [0.717, 1.165) is 22.0 Å². The topological polar surface area (TPSA) is 26.9 Å². The summed E-state index contributed by atoms with van der Waals surface area (Å²) in [7, 11) is 3.72. The van der Waals surface area contributed by atoms with Gasteiger partial charge in [0.25, 0.3) is 5.56 Å². The van der Waals surface area contributed by atoms with Crippen LogP contribution in [0.3, 0.4) is 0 Å². The van der Waals surface area contributed by atoms with E-state index in [4.69, 9.17) is 0 Å². The molecule has 3 rings (SSSR count). The van der Waals surface area contributed by atoms with E-state index in [-0.39, 0.29) is 5.56 Å². The molecule has 20 heavy (non-hydrogen) atoms. The molecule has 0 unspecified atom stereocenters. The summed E-state index contributed by atoms with van der Waals surface area (Å²) in [5, 5.41) is 1.01. The molecule has 0 bridgehead atoms. The number of hydrogen-bond acceptors (Lipinski definition) is 1. The molecular formula is C17H18N2O. The van der Waals surface area contributed by atoms with Gasteiger partial charge >= 0.3 is 0 Å². The van der Waals surface area contributed by atoms with Gasteiger partial charge < -0.3 is 9.13 Å². The number of nitrogens with zero attached hydrogens (tertiary/aromatic N) is 2. The molecule has 102 valence electrons. The van der Waals surface area contributed by atoms with Crippen LogP contribution < -0.4 is 5.56 Å². The summed E-state index contributed by atoms with van der Waals surface area (Å²) in [6, 6.07) is 8.45. The zero-order valence-electron chi connectivity index (χ0n) is 12.3. The van der Waals surface area contributed by atoms with Crippen LogP contribution in [-0.2, 0) is 14.1 Å². The van der Waals surface area contributed by atoms with Crippen LogP contribution in [0.1, 0.15) is 11.1 Å². The second kappa shape index (κ2) is 4.37. The van der Waals surface area contributed by atoms with Gasteiger partial charge in [-0.1, -0.05) is 18.2 Å². The Bertz CT molecular complexity index is 869. The van der Waals surface area contributed by atoms with E-state index in [2.05, 4.69) is 32.0 Å². The van der Waals surface area contributed by atoms with Crippen molar-refractivity contribution in [1.82, 2.24) is 9.13 Å². The molecule has 0 N–H and O–H groups in total. The Labute approximate surface area is 118 Å². The van der Waals surface area contributed by atoms with Gasteiger partial charge in [0.1, 0.15) is 5.52 Å².